The molecule has 0 heterocycles. The van der Waals surface area contributed by atoms with Gasteiger partial charge in [-0.1, -0.05) is 35.9 Å². The summed E-state index contributed by atoms with van der Waals surface area (Å²) in [5, 5.41) is 0.144. The first-order chi connectivity index (χ1) is 18.2. The summed E-state index contributed by atoms with van der Waals surface area (Å²) in [4.78, 5) is 10.8. The molecule has 0 aromatic heterocycles. The fourth-order valence-corrected chi connectivity index (χ4v) is 4.89. The molecule has 2 rings (SSSR count). The summed E-state index contributed by atoms with van der Waals surface area (Å²) < 4.78 is 152. The minimum absolute atomic E-state index is 0.0732. The van der Waals surface area contributed by atoms with Crippen molar-refractivity contribution >= 4 is 27.6 Å². The number of benzene rings is 2. The number of alkyl halides is 9. The van der Waals surface area contributed by atoms with Crippen LogP contribution in [-0.4, -0.2) is 45.4 Å². The average Bonchev–Trinajstić information content (AvgIpc) is 2.86. The van der Waals surface area contributed by atoms with E-state index in [4.69, 9.17) is 11.6 Å². The van der Waals surface area contributed by atoms with Crippen LogP contribution >= 0.6 is 11.6 Å². The standard InChI is InChI=1S/C24H23ClF9NO4S/c1-39-20(36)4-2-3-15-5-7-16(8-6-15)19(35-40(37,38)18-11-9-17(25)10-12-18)13-14-21(26,27)22(28,29)23(30,31)24(32,33)34/h5-12,19,35H,2-4,13-14H2,1H3. The van der Waals surface area contributed by atoms with Gasteiger partial charge in [0.15, 0.2) is 0 Å². The molecule has 0 radical (unpaired) electrons. The van der Waals surface area contributed by atoms with E-state index < -0.39 is 63.7 Å². The average molecular weight is 628 g/mol. The Morgan fingerprint density at radius 1 is 0.900 bits per heavy atom. The van der Waals surface area contributed by atoms with Crippen molar-refractivity contribution in [2.24, 2.45) is 0 Å². The van der Waals surface area contributed by atoms with E-state index in [9.17, 15) is 52.7 Å². The maximum absolute atomic E-state index is 14.2. The summed E-state index contributed by atoms with van der Waals surface area (Å²) in [6.45, 7) is 0. The normalized spacial score (nSPS) is 14.2. The van der Waals surface area contributed by atoms with E-state index in [1.54, 1.807) is 0 Å². The first-order valence-corrected chi connectivity index (χ1v) is 13.2. The van der Waals surface area contributed by atoms with E-state index in [2.05, 4.69) is 4.74 Å². The smallest absolute Gasteiger partial charge is 0.460 e. The summed E-state index contributed by atoms with van der Waals surface area (Å²) in [7, 11) is -3.34. The SMILES string of the molecule is COC(=O)CCCc1ccc(C(CCC(F)(F)C(F)(F)C(F)(F)C(F)(F)F)NS(=O)(=O)c2ccc(Cl)cc2)cc1. The second-order valence-corrected chi connectivity index (χ2v) is 10.8. The summed E-state index contributed by atoms with van der Waals surface area (Å²) >= 11 is 5.71. The van der Waals surface area contributed by atoms with Crippen LogP contribution in [-0.2, 0) is 26.0 Å². The van der Waals surface area contributed by atoms with Crippen molar-refractivity contribution in [1.82, 2.24) is 4.72 Å². The zero-order valence-corrected chi connectivity index (χ0v) is 22.1. The van der Waals surface area contributed by atoms with E-state index in [0.717, 1.165) is 12.1 Å². The van der Waals surface area contributed by atoms with Gasteiger partial charge in [-0.25, -0.2) is 13.1 Å². The van der Waals surface area contributed by atoms with Crippen molar-refractivity contribution in [3.8, 4) is 0 Å². The first kappa shape index (κ1) is 33.7. The summed E-state index contributed by atoms with van der Waals surface area (Å²) in [6, 6.07) is 8.02. The third-order valence-corrected chi connectivity index (χ3v) is 7.57. The molecule has 0 aliphatic rings. The highest BCUT2D eigenvalue weighted by molar-refractivity contribution is 7.89. The van der Waals surface area contributed by atoms with Gasteiger partial charge in [-0.3, -0.25) is 4.79 Å². The number of hydrogen-bond acceptors (Lipinski definition) is 4. The van der Waals surface area contributed by atoms with Crippen LogP contribution in [0, 0.1) is 0 Å². The number of sulfonamides is 1. The summed E-state index contributed by atoms with van der Waals surface area (Å²) in [5.74, 6) is -20.2. The first-order valence-electron chi connectivity index (χ1n) is 11.4. The molecule has 0 saturated carbocycles. The van der Waals surface area contributed by atoms with Gasteiger partial charge >= 0.3 is 29.9 Å². The van der Waals surface area contributed by atoms with Crippen LogP contribution in [0.2, 0.25) is 5.02 Å². The van der Waals surface area contributed by atoms with Crippen LogP contribution in [0.25, 0.3) is 0 Å². The zero-order chi connectivity index (χ0) is 30.6. The van der Waals surface area contributed by atoms with Crippen molar-refractivity contribution in [3.05, 3.63) is 64.7 Å². The molecule has 0 aliphatic carbocycles. The lowest BCUT2D eigenvalue weighted by molar-refractivity contribution is -0.396. The highest BCUT2D eigenvalue weighted by Gasteiger charge is 2.81. The number of hydrogen-bond donors (Lipinski definition) is 1. The number of carbonyl (C=O) groups is 1. The fraction of sp³-hybridized carbons (Fsp3) is 0.458. The van der Waals surface area contributed by atoms with Crippen LogP contribution < -0.4 is 4.72 Å². The molecular weight excluding hydrogens is 605 g/mol. The summed E-state index contributed by atoms with van der Waals surface area (Å²) in [6.07, 6.45) is -9.72. The monoisotopic (exact) mass is 627 g/mol. The lowest BCUT2D eigenvalue weighted by Gasteiger charge is -2.34. The number of methoxy groups -OCH3 is 1. The largest absolute Gasteiger partial charge is 0.469 e. The molecule has 1 unspecified atom stereocenters. The Morgan fingerprint density at radius 3 is 1.95 bits per heavy atom. The topological polar surface area (TPSA) is 72.5 Å². The Balaban J connectivity index is 2.36. The minimum Gasteiger partial charge on any atom is -0.469 e. The maximum Gasteiger partial charge on any atom is 0.460 e. The van der Waals surface area contributed by atoms with E-state index in [1.165, 1.54) is 43.5 Å². The Bertz CT molecular complexity index is 1250. The second-order valence-electron chi connectivity index (χ2n) is 8.69. The second kappa shape index (κ2) is 12.6. The Kier molecular flexibility index (Phi) is 10.6. The number of esters is 1. The Labute approximate surface area is 228 Å². The Morgan fingerprint density at radius 2 is 1.45 bits per heavy atom. The molecule has 2 aromatic carbocycles. The number of carbonyl (C=O) groups excluding carboxylic acids is 1. The number of halogens is 10. The number of nitrogens with one attached hydrogen (secondary N) is 1. The van der Waals surface area contributed by atoms with Crippen LogP contribution in [0.3, 0.4) is 0 Å². The minimum atomic E-state index is -7.06. The highest BCUT2D eigenvalue weighted by Crippen LogP contribution is 2.54. The molecule has 2 aromatic rings. The number of rotatable bonds is 13. The third kappa shape index (κ3) is 7.81. The summed E-state index contributed by atoms with van der Waals surface area (Å²) in [5.41, 5.74) is 0.532. The third-order valence-electron chi connectivity index (χ3n) is 5.83. The molecule has 0 fully saturated rings. The Hall–Kier alpha value is -2.52. The van der Waals surface area contributed by atoms with E-state index >= 15 is 0 Å². The van der Waals surface area contributed by atoms with Crippen molar-refractivity contribution in [2.75, 3.05) is 7.11 Å². The molecule has 16 heteroatoms. The quantitative estimate of drug-likeness (QED) is 0.190. The van der Waals surface area contributed by atoms with Crippen molar-refractivity contribution in [1.29, 1.82) is 0 Å². The lowest BCUT2D eigenvalue weighted by atomic mass is 9.94. The molecule has 5 nitrogen and oxygen atoms in total. The molecule has 0 bridgehead atoms. The van der Waals surface area contributed by atoms with Crippen molar-refractivity contribution in [2.45, 2.75) is 67.0 Å². The predicted octanol–water partition coefficient (Wildman–Crippen LogP) is 7.10. The van der Waals surface area contributed by atoms with Gasteiger partial charge in [0.25, 0.3) is 0 Å². The van der Waals surface area contributed by atoms with Gasteiger partial charge in [0, 0.05) is 23.9 Å². The molecule has 0 amide bonds. The molecule has 224 valence electrons. The fourth-order valence-electron chi connectivity index (χ4n) is 3.51. The van der Waals surface area contributed by atoms with Gasteiger partial charge in [-0.2, -0.15) is 39.5 Å². The van der Waals surface area contributed by atoms with Gasteiger partial charge in [0.2, 0.25) is 10.0 Å². The van der Waals surface area contributed by atoms with Crippen LogP contribution in [0.15, 0.2) is 53.4 Å². The van der Waals surface area contributed by atoms with Crippen molar-refractivity contribution < 1.29 is 57.5 Å². The molecule has 0 aliphatic heterocycles. The highest BCUT2D eigenvalue weighted by atomic mass is 35.5. The predicted molar refractivity (Wildman–Crippen MR) is 126 cm³/mol. The van der Waals surface area contributed by atoms with Crippen LogP contribution in [0.5, 0.6) is 0 Å². The molecule has 1 N–H and O–H groups in total. The van der Waals surface area contributed by atoms with Gasteiger partial charge in [0.05, 0.1) is 12.0 Å². The molecule has 1 atom stereocenters. The maximum atomic E-state index is 14.2. The lowest BCUT2D eigenvalue weighted by Crippen LogP contribution is -2.60. The van der Waals surface area contributed by atoms with E-state index in [1.807, 2.05) is 4.72 Å². The van der Waals surface area contributed by atoms with Gasteiger partial charge < -0.3 is 4.74 Å². The zero-order valence-electron chi connectivity index (χ0n) is 20.6. The van der Waals surface area contributed by atoms with Gasteiger partial charge in [-0.15, -0.1) is 0 Å². The van der Waals surface area contributed by atoms with Gasteiger partial charge in [-0.05, 0) is 54.7 Å². The van der Waals surface area contributed by atoms with Crippen LogP contribution in [0.1, 0.15) is 42.9 Å². The van der Waals surface area contributed by atoms with Gasteiger partial charge in [0.1, 0.15) is 0 Å². The van der Waals surface area contributed by atoms with Crippen molar-refractivity contribution in [3.63, 3.8) is 0 Å². The molecule has 40 heavy (non-hydrogen) atoms. The van der Waals surface area contributed by atoms with Crippen LogP contribution in [0.4, 0.5) is 39.5 Å². The molecule has 0 spiro atoms. The molecular formula is C24H23ClF9NO4S. The molecule has 0 saturated heterocycles. The number of ether oxygens (including phenoxy) is 1. The van der Waals surface area contributed by atoms with E-state index in [0.29, 0.717) is 18.4 Å². The van der Waals surface area contributed by atoms with E-state index in [-0.39, 0.29) is 17.0 Å². The number of aryl methyl sites for hydroxylation is 1.